The van der Waals surface area contributed by atoms with E-state index in [1.807, 2.05) is 20.8 Å². The summed E-state index contributed by atoms with van der Waals surface area (Å²) in [5.41, 5.74) is 3.39. The molecule has 0 aromatic heterocycles. The fraction of sp³-hybridized carbons (Fsp3) is 0.897. The fourth-order valence-corrected chi connectivity index (χ4v) is 6.80. The van der Waals surface area contributed by atoms with Gasteiger partial charge < -0.3 is 49.5 Å². The average Bonchev–Trinajstić information content (AvgIpc) is 3.48. The lowest BCUT2D eigenvalue weighted by molar-refractivity contribution is -0.234. The van der Waals surface area contributed by atoms with Crippen LogP contribution in [-0.2, 0) is 38.0 Å². The number of nitrogens with two attached hydrogens (primary N) is 1. The molecule has 4 rings (SSSR count). The minimum Gasteiger partial charge on any atom is -0.467 e. The molecule has 2 amide bonds. The highest BCUT2D eigenvalue weighted by Crippen LogP contribution is 2.41. The summed E-state index contributed by atoms with van der Waals surface area (Å²) < 4.78 is 35.5. The first kappa shape index (κ1) is 33.8. The van der Waals surface area contributed by atoms with Crippen molar-refractivity contribution in [3.05, 3.63) is 0 Å². The van der Waals surface area contributed by atoms with Crippen LogP contribution in [0.15, 0.2) is 0 Å². The number of likely N-dealkylation sites (tertiary alicyclic amines) is 1. The number of hydrogen-bond donors (Lipinski definition) is 3. The molecular weight excluding hydrogens is 564 g/mol. The maximum absolute atomic E-state index is 13.5. The number of rotatable bonds is 7. The first-order valence-electron chi connectivity index (χ1n) is 15.1. The largest absolute Gasteiger partial charge is 0.467 e. The molecule has 43 heavy (non-hydrogen) atoms. The van der Waals surface area contributed by atoms with Gasteiger partial charge in [0.05, 0.1) is 38.0 Å². The van der Waals surface area contributed by atoms with Gasteiger partial charge in [0.1, 0.15) is 23.9 Å². The highest BCUT2D eigenvalue weighted by Gasteiger charge is 2.58. The van der Waals surface area contributed by atoms with E-state index in [-0.39, 0.29) is 31.4 Å². The Morgan fingerprint density at radius 1 is 1.12 bits per heavy atom. The Labute approximate surface area is 253 Å². The lowest BCUT2D eigenvalue weighted by Crippen LogP contribution is -2.68. The summed E-state index contributed by atoms with van der Waals surface area (Å²) in [4.78, 5) is 42.4. The van der Waals surface area contributed by atoms with E-state index in [1.165, 1.54) is 14.0 Å². The van der Waals surface area contributed by atoms with Crippen molar-refractivity contribution < 1.29 is 47.9 Å². The summed E-state index contributed by atoms with van der Waals surface area (Å²) in [6.45, 7) is 13.3. The number of ether oxygens (including phenoxy) is 6. The zero-order valence-corrected chi connectivity index (χ0v) is 26.6. The minimum atomic E-state index is -1.55. The van der Waals surface area contributed by atoms with Crippen LogP contribution in [0, 0.1) is 0 Å². The van der Waals surface area contributed by atoms with Gasteiger partial charge in [0.15, 0.2) is 11.4 Å². The fourth-order valence-electron chi connectivity index (χ4n) is 6.80. The number of morpholine rings is 1. The smallest absolute Gasteiger partial charge is 0.410 e. The molecule has 1 spiro atoms. The second kappa shape index (κ2) is 12.7. The first-order chi connectivity index (χ1) is 20.0. The number of nitrogens with zero attached hydrogens (tertiary/aromatic N) is 2. The van der Waals surface area contributed by atoms with Gasteiger partial charge in [-0.25, -0.2) is 9.59 Å². The van der Waals surface area contributed by atoms with Gasteiger partial charge >= 0.3 is 12.1 Å². The Bertz CT molecular complexity index is 1040. The molecule has 0 bridgehead atoms. The first-order valence-corrected chi connectivity index (χ1v) is 15.1. The Balaban J connectivity index is 1.58. The Hall–Kier alpha value is -2.07. The second-order valence-corrected chi connectivity index (χ2v) is 13.6. The van der Waals surface area contributed by atoms with Crippen molar-refractivity contribution in [2.75, 3.05) is 53.0 Å². The summed E-state index contributed by atoms with van der Waals surface area (Å²) in [7, 11) is 1.28. The van der Waals surface area contributed by atoms with Gasteiger partial charge in [-0.2, -0.15) is 0 Å². The van der Waals surface area contributed by atoms with Gasteiger partial charge in [0.2, 0.25) is 5.91 Å². The van der Waals surface area contributed by atoms with Crippen LogP contribution in [0.5, 0.6) is 0 Å². The molecule has 7 atom stereocenters. The van der Waals surface area contributed by atoms with Gasteiger partial charge in [-0.3, -0.25) is 9.69 Å². The summed E-state index contributed by atoms with van der Waals surface area (Å²) in [6.07, 6.45) is -3.11. The van der Waals surface area contributed by atoms with Crippen molar-refractivity contribution in [1.29, 1.82) is 0 Å². The molecule has 0 aromatic carbocycles. The van der Waals surface area contributed by atoms with Crippen LogP contribution in [0.2, 0.25) is 0 Å². The van der Waals surface area contributed by atoms with Crippen LogP contribution >= 0.6 is 0 Å². The van der Waals surface area contributed by atoms with Crippen LogP contribution in [0.4, 0.5) is 4.79 Å². The summed E-state index contributed by atoms with van der Waals surface area (Å²) >= 11 is 0. The van der Waals surface area contributed by atoms with Crippen LogP contribution in [0.1, 0.15) is 60.8 Å². The number of nitrogens with one attached hydrogen (secondary N) is 1. The molecule has 0 radical (unpaired) electrons. The Morgan fingerprint density at radius 3 is 2.47 bits per heavy atom. The van der Waals surface area contributed by atoms with E-state index in [9.17, 15) is 19.5 Å². The standard InChI is InChI=1S/C29H50N4O10/c1-18(34)31-21-19(35)14-29(24(36)38-7,42-23(21)22-20(15-30)40-27(5,6)41-22)9-11-33-12-13-39-17-28(33)8-10-32(16-28)25(37)43-26(2,3)4/h19-23,35H,8-17,30H2,1-7H3,(H,31,34)/t19-,20+,21+,22+,23+,28-,29+/m0/s1. The van der Waals surface area contributed by atoms with Gasteiger partial charge in [0, 0.05) is 52.5 Å². The number of carbonyl (C=O) groups excluding carboxylic acids is 3. The molecule has 14 nitrogen and oxygen atoms in total. The highest BCUT2D eigenvalue weighted by molar-refractivity contribution is 5.80. The van der Waals surface area contributed by atoms with Crippen molar-refractivity contribution >= 4 is 18.0 Å². The van der Waals surface area contributed by atoms with Crippen LogP contribution in [0.3, 0.4) is 0 Å². The molecule has 14 heteroatoms. The van der Waals surface area contributed by atoms with Crippen molar-refractivity contribution in [2.24, 2.45) is 5.73 Å². The van der Waals surface area contributed by atoms with Crippen molar-refractivity contribution in [3.63, 3.8) is 0 Å². The third-order valence-electron chi connectivity index (χ3n) is 8.69. The summed E-state index contributed by atoms with van der Waals surface area (Å²) in [6, 6.07) is -0.876. The van der Waals surface area contributed by atoms with E-state index in [2.05, 4.69) is 10.2 Å². The van der Waals surface area contributed by atoms with E-state index in [0.29, 0.717) is 45.8 Å². The molecule has 4 heterocycles. The number of methoxy groups -OCH3 is 1. The number of amides is 2. The number of esters is 1. The zero-order chi connectivity index (χ0) is 31.8. The van der Waals surface area contributed by atoms with Crippen LogP contribution in [0.25, 0.3) is 0 Å². The molecule has 0 saturated carbocycles. The normalized spacial score (nSPS) is 36.5. The quantitative estimate of drug-likeness (QED) is 0.332. The maximum atomic E-state index is 13.5. The third kappa shape index (κ3) is 7.43. The van der Waals surface area contributed by atoms with Gasteiger partial charge in [0.25, 0.3) is 0 Å². The summed E-state index contributed by atoms with van der Waals surface area (Å²) in [5, 5.41) is 14.2. The molecule has 0 aromatic rings. The number of aliphatic hydroxyl groups is 1. The Morgan fingerprint density at radius 2 is 1.84 bits per heavy atom. The molecule has 246 valence electrons. The molecule has 4 aliphatic heterocycles. The van der Waals surface area contributed by atoms with Crippen molar-refractivity contribution in [3.8, 4) is 0 Å². The predicted molar refractivity (Wildman–Crippen MR) is 153 cm³/mol. The summed E-state index contributed by atoms with van der Waals surface area (Å²) in [5.74, 6) is -1.99. The van der Waals surface area contributed by atoms with Gasteiger partial charge in [-0.05, 0) is 41.0 Å². The topological polar surface area (TPSA) is 171 Å². The lowest BCUT2D eigenvalue weighted by atomic mass is 9.81. The van der Waals surface area contributed by atoms with Gasteiger partial charge in [-0.1, -0.05) is 0 Å². The molecule has 4 saturated heterocycles. The zero-order valence-electron chi connectivity index (χ0n) is 26.6. The van der Waals surface area contributed by atoms with Gasteiger partial charge in [-0.15, -0.1) is 0 Å². The monoisotopic (exact) mass is 614 g/mol. The maximum Gasteiger partial charge on any atom is 0.410 e. The minimum absolute atomic E-state index is 0.104. The number of carbonyl (C=O) groups is 3. The number of aliphatic hydroxyl groups excluding tert-OH is 1. The third-order valence-corrected chi connectivity index (χ3v) is 8.69. The molecular formula is C29H50N4O10. The highest BCUT2D eigenvalue weighted by atomic mass is 16.8. The predicted octanol–water partition coefficient (Wildman–Crippen LogP) is 0.133. The van der Waals surface area contributed by atoms with E-state index in [0.717, 1.165) is 0 Å². The van der Waals surface area contributed by atoms with Crippen molar-refractivity contribution in [1.82, 2.24) is 15.1 Å². The van der Waals surface area contributed by atoms with Crippen LogP contribution in [-0.4, -0.2) is 139 Å². The van der Waals surface area contributed by atoms with E-state index in [4.69, 9.17) is 34.2 Å². The molecule has 4 N–H and O–H groups in total. The molecule has 4 aliphatic rings. The Kier molecular flexibility index (Phi) is 10.0. The molecule has 0 unspecified atom stereocenters. The number of hydrogen-bond acceptors (Lipinski definition) is 12. The lowest BCUT2D eigenvalue weighted by Gasteiger charge is -2.49. The average molecular weight is 615 g/mol. The van der Waals surface area contributed by atoms with E-state index >= 15 is 0 Å². The second-order valence-electron chi connectivity index (χ2n) is 13.6. The molecule has 4 fully saturated rings. The van der Waals surface area contributed by atoms with E-state index < -0.39 is 59.0 Å². The van der Waals surface area contributed by atoms with Crippen LogP contribution < -0.4 is 11.1 Å². The van der Waals surface area contributed by atoms with Crippen molar-refractivity contribution in [2.45, 2.75) is 114 Å². The molecule has 0 aliphatic carbocycles. The van der Waals surface area contributed by atoms with E-state index in [1.54, 1.807) is 18.7 Å². The SMILES string of the molecule is COC(=O)[C@@]1(CCN2CCOC[C@@]23CCN(C(=O)OC(C)(C)C)C3)C[C@H](O)[C@@H](NC(C)=O)[C@H]([C@@H]2OC(C)(C)O[C@@H]2CN)O1.